The maximum absolute atomic E-state index is 12.2. The average molecular weight is 450 g/mol. The number of hydrogen-bond acceptors (Lipinski definition) is 8. The summed E-state index contributed by atoms with van der Waals surface area (Å²) in [6.07, 6.45) is 0. The molecular formula is C21H14N4O6S. The van der Waals surface area contributed by atoms with Gasteiger partial charge in [0, 0.05) is 17.3 Å². The molecule has 0 unspecified atom stereocenters. The van der Waals surface area contributed by atoms with Gasteiger partial charge in [-0.05, 0) is 42.5 Å². The number of hydrogen-bond donors (Lipinski definition) is 1. The largest absolute Gasteiger partial charge is 0.477 e. The van der Waals surface area contributed by atoms with Crippen molar-refractivity contribution >= 4 is 44.5 Å². The van der Waals surface area contributed by atoms with E-state index in [0.717, 1.165) is 39.0 Å². The molecule has 1 aromatic heterocycles. The SMILES string of the molecule is O=C(COc1ccc([N+](=O)[O-])cc1[N+](=O)[O-])Nc1ccc(-c2nc3ccccc3s2)cc1. The van der Waals surface area contributed by atoms with Gasteiger partial charge in [0.2, 0.25) is 0 Å². The molecule has 0 atom stereocenters. The number of nitrogens with one attached hydrogen (secondary N) is 1. The van der Waals surface area contributed by atoms with Gasteiger partial charge in [0.25, 0.3) is 11.6 Å². The van der Waals surface area contributed by atoms with Crippen molar-refractivity contribution in [2.45, 2.75) is 0 Å². The number of anilines is 1. The third-order valence-corrected chi connectivity index (χ3v) is 5.50. The van der Waals surface area contributed by atoms with Crippen LogP contribution in [0.2, 0.25) is 0 Å². The zero-order valence-electron chi connectivity index (χ0n) is 16.3. The Morgan fingerprint density at radius 2 is 1.75 bits per heavy atom. The lowest BCUT2D eigenvalue weighted by Crippen LogP contribution is -2.20. The Kier molecular flexibility index (Phi) is 5.73. The first-order chi connectivity index (χ1) is 15.4. The number of aromatic nitrogens is 1. The molecule has 1 N–H and O–H groups in total. The predicted octanol–water partition coefficient (Wildman–Crippen LogP) is 4.80. The second-order valence-electron chi connectivity index (χ2n) is 6.57. The highest BCUT2D eigenvalue weighted by molar-refractivity contribution is 7.21. The number of fused-ring (bicyclic) bond motifs is 1. The molecule has 1 heterocycles. The van der Waals surface area contributed by atoms with Gasteiger partial charge in [-0.15, -0.1) is 11.3 Å². The van der Waals surface area contributed by atoms with E-state index in [-0.39, 0.29) is 5.75 Å². The molecule has 160 valence electrons. The van der Waals surface area contributed by atoms with Crippen LogP contribution in [0.5, 0.6) is 5.75 Å². The van der Waals surface area contributed by atoms with Crippen molar-refractivity contribution in [3.8, 4) is 16.3 Å². The van der Waals surface area contributed by atoms with Gasteiger partial charge < -0.3 is 10.1 Å². The zero-order valence-corrected chi connectivity index (χ0v) is 17.1. The third kappa shape index (κ3) is 4.52. The summed E-state index contributed by atoms with van der Waals surface area (Å²) >= 11 is 1.57. The summed E-state index contributed by atoms with van der Waals surface area (Å²) in [5.41, 5.74) is 1.31. The van der Waals surface area contributed by atoms with Crippen LogP contribution in [0.4, 0.5) is 17.1 Å². The molecule has 0 radical (unpaired) electrons. The number of ether oxygens (including phenoxy) is 1. The fourth-order valence-electron chi connectivity index (χ4n) is 2.92. The normalized spacial score (nSPS) is 10.6. The second kappa shape index (κ2) is 8.78. The number of para-hydroxylation sites is 1. The summed E-state index contributed by atoms with van der Waals surface area (Å²) in [6, 6.07) is 17.9. The number of non-ortho nitro benzene ring substituents is 1. The first-order valence-corrected chi connectivity index (χ1v) is 10.0. The minimum Gasteiger partial charge on any atom is -0.477 e. The highest BCUT2D eigenvalue weighted by Crippen LogP contribution is 2.32. The lowest BCUT2D eigenvalue weighted by Gasteiger charge is -2.08. The first-order valence-electron chi connectivity index (χ1n) is 9.22. The van der Waals surface area contributed by atoms with Crippen molar-refractivity contribution in [2.24, 2.45) is 0 Å². The van der Waals surface area contributed by atoms with Crippen molar-refractivity contribution in [1.82, 2.24) is 4.98 Å². The minimum absolute atomic E-state index is 0.234. The quantitative estimate of drug-likeness (QED) is 0.315. The van der Waals surface area contributed by atoms with Crippen LogP contribution in [0, 0.1) is 20.2 Å². The summed E-state index contributed by atoms with van der Waals surface area (Å²) in [5, 5.41) is 25.4. The first kappa shape index (κ1) is 20.9. The Balaban J connectivity index is 1.40. The van der Waals surface area contributed by atoms with E-state index in [1.807, 2.05) is 36.4 Å². The van der Waals surface area contributed by atoms with E-state index in [4.69, 9.17) is 4.74 Å². The average Bonchev–Trinajstić information content (AvgIpc) is 3.22. The minimum atomic E-state index is -0.805. The molecule has 0 aliphatic rings. The molecule has 1 amide bonds. The standard InChI is InChI=1S/C21H14N4O6S/c26-20(12-31-18-10-9-15(24(27)28)11-17(18)25(29)30)22-14-7-5-13(6-8-14)21-23-16-3-1-2-4-19(16)32-21/h1-11H,12H2,(H,22,26). The van der Waals surface area contributed by atoms with Gasteiger partial charge in [-0.3, -0.25) is 25.0 Å². The number of thiazole rings is 1. The summed E-state index contributed by atoms with van der Waals surface area (Å²) in [6.45, 7) is -0.502. The van der Waals surface area contributed by atoms with E-state index in [0.29, 0.717) is 5.69 Å². The van der Waals surface area contributed by atoms with Gasteiger partial charge in [0.15, 0.2) is 12.4 Å². The molecule has 32 heavy (non-hydrogen) atoms. The molecule has 0 saturated heterocycles. The Morgan fingerprint density at radius 3 is 2.44 bits per heavy atom. The van der Waals surface area contributed by atoms with E-state index < -0.39 is 33.7 Å². The Bertz CT molecular complexity index is 1300. The zero-order chi connectivity index (χ0) is 22.7. The van der Waals surface area contributed by atoms with Crippen molar-refractivity contribution in [2.75, 3.05) is 11.9 Å². The maximum atomic E-state index is 12.2. The van der Waals surface area contributed by atoms with E-state index in [2.05, 4.69) is 10.3 Å². The Labute approximate surface area is 184 Å². The van der Waals surface area contributed by atoms with Crippen LogP contribution in [0.3, 0.4) is 0 Å². The van der Waals surface area contributed by atoms with Gasteiger partial charge in [0.05, 0.1) is 26.1 Å². The van der Waals surface area contributed by atoms with Crippen LogP contribution < -0.4 is 10.1 Å². The van der Waals surface area contributed by atoms with Gasteiger partial charge in [-0.25, -0.2) is 4.98 Å². The molecule has 0 aliphatic carbocycles. The van der Waals surface area contributed by atoms with E-state index >= 15 is 0 Å². The van der Waals surface area contributed by atoms with Crippen LogP contribution in [-0.2, 0) is 4.79 Å². The van der Waals surface area contributed by atoms with Crippen LogP contribution in [-0.4, -0.2) is 27.3 Å². The number of carbonyl (C=O) groups is 1. The van der Waals surface area contributed by atoms with Crippen LogP contribution in [0.25, 0.3) is 20.8 Å². The van der Waals surface area contributed by atoms with Crippen LogP contribution in [0.1, 0.15) is 0 Å². The lowest BCUT2D eigenvalue weighted by atomic mass is 10.2. The summed E-state index contributed by atoms with van der Waals surface area (Å²) in [4.78, 5) is 37.2. The fourth-order valence-corrected chi connectivity index (χ4v) is 3.89. The van der Waals surface area contributed by atoms with Gasteiger partial charge in [-0.1, -0.05) is 12.1 Å². The molecule has 0 spiro atoms. The summed E-state index contributed by atoms with van der Waals surface area (Å²) in [5.74, 6) is -0.771. The Hall–Kier alpha value is -4.38. The molecule has 3 aromatic carbocycles. The summed E-state index contributed by atoms with van der Waals surface area (Å²) in [7, 11) is 0. The molecule has 4 rings (SSSR count). The molecular weight excluding hydrogens is 436 g/mol. The van der Waals surface area contributed by atoms with E-state index in [1.165, 1.54) is 0 Å². The monoisotopic (exact) mass is 450 g/mol. The maximum Gasteiger partial charge on any atom is 0.317 e. The third-order valence-electron chi connectivity index (χ3n) is 4.42. The Morgan fingerprint density at radius 1 is 1.00 bits per heavy atom. The highest BCUT2D eigenvalue weighted by Gasteiger charge is 2.21. The topological polar surface area (TPSA) is 138 Å². The molecule has 11 heteroatoms. The summed E-state index contributed by atoms with van der Waals surface area (Å²) < 4.78 is 6.29. The fraction of sp³-hybridized carbons (Fsp3) is 0.0476. The number of nitro benzene ring substituents is 2. The molecule has 0 bridgehead atoms. The van der Waals surface area contributed by atoms with Crippen LogP contribution >= 0.6 is 11.3 Å². The van der Waals surface area contributed by atoms with E-state index in [1.54, 1.807) is 23.5 Å². The number of rotatable bonds is 7. The van der Waals surface area contributed by atoms with E-state index in [9.17, 15) is 25.0 Å². The lowest BCUT2D eigenvalue weighted by molar-refractivity contribution is -0.394. The molecule has 0 saturated carbocycles. The number of carbonyl (C=O) groups excluding carboxylic acids is 1. The molecule has 0 fully saturated rings. The van der Waals surface area contributed by atoms with Gasteiger partial charge in [0.1, 0.15) is 5.01 Å². The highest BCUT2D eigenvalue weighted by atomic mass is 32.1. The van der Waals surface area contributed by atoms with Crippen molar-refractivity contribution in [1.29, 1.82) is 0 Å². The molecule has 0 aliphatic heterocycles. The van der Waals surface area contributed by atoms with Gasteiger partial charge >= 0.3 is 5.69 Å². The molecule has 4 aromatic rings. The van der Waals surface area contributed by atoms with Crippen molar-refractivity contribution in [3.05, 3.63) is 87.0 Å². The van der Waals surface area contributed by atoms with Crippen molar-refractivity contribution < 1.29 is 19.4 Å². The number of nitro groups is 2. The van der Waals surface area contributed by atoms with Crippen LogP contribution in [0.15, 0.2) is 66.7 Å². The van der Waals surface area contributed by atoms with Gasteiger partial charge in [-0.2, -0.15) is 0 Å². The number of benzene rings is 3. The van der Waals surface area contributed by atoms with Crippen molar-refractivity contribution in [3.63, 3.8) is 0 Å². The smallest absolute Gasteiger partial charge is 0.317 e. The second-order valence-corrected chi connectivity index (χ2v) is 7.60. The number of nitrogens with zero attached hydrogens (tertiary/aromatic N) is 3. The molecule has 10 nitrogen and oxygen atoms in total. The predicted molar refractivity (Wildman–Crippen MR) is 119 cm³/mol. The number of amides is 1.